The fraction of sp³-hybridized carbons (Fsp3) is 0.381. The number of sulfonamides is 1. The maximum absolute atomic E-state index is 14.3. The van der Waals surface area contributed by atoms with E-state index in [9.17, 15) is 17.6 Å². The van der Waals surface area contributed by atoms with Gasteiger partial charge >= 0.3 is 0 Å². The van der Waals surface area contributed by atoms with Crippen molar-refractivity contribution in [3.8, 4) is 0 Å². The maximum atomic E-state index is 14.3. The Labute approximate surface area is 175 Å². The van der Waals surface area contributed by atoms with Gasteiger partial charge in [0.15, 0.2) is 0 Å². The van der Waals surface area contributed by atoms with Gasteiger partial charge in [0.1, 0.15) is 10.7 Å². The zero-order valence-electron chi connectivity index (χ0n) is 16.7. The van der Waals surface area contributed by atoms with E-state index >= 15 is 0 Å². The Morgan fingerprint density at radius 2 is 1.93 bits per heavy atom. The van der Waals surface area contributed by atoms with Crippen LogP contribution in [0.15, 0.2) is 47.4 Å². The number of fused-ring (bicyclic) bond motifs is 1. The number of halogens is 1. The predicted molar refractivity (Wildman–Crippen MR) is 112 cm³/mol. The van der Waals surface area contributed by atoms with Crippen LogP contribution >= 0.6 is 0 Å². The fourth-order valence-corrected chi connectivity index (χ4v) is 5.44. The minimum Gasteiger partial charge on any atom is -0.379 e. The van der Waals surface area contributed by atoms with Crippen LogP contribution in [0.1, 0.15) is 12.5 Å². The number of morpholine rings is 1. The van der Waals surface area contributed by atoms with E-state index in [1.54, 1.807) is 4.90 Å². The summed E-state index contributed by atoms with van der Waals surface area (Å²) >= 11 is 0. The molecule has 1 atom stereocenters. The van der Waals surface area contributed by atoms with Crippen LogP contribution in [0.25, 0.3) is 0 Å². The molecule has 2 aromatic rings. The highest BCUT2D eigenvalue weighted by molar-refractivity contribution is 7.89. The van der Waals surface area contributed by atoms with Crippen molar-refractivity contribution in [2.45, 2.75) is 24.3 Å². The standard InChI is InChI=1S/C21H24FN3O4S/c1-15-12-16-4-2-3-5-19(16)25(15)21(26)14-23-17-6-7-18(22)20(13-17)30(27,28)24-8-10-29-11-9-24/h2-7,13,15,23H,8-12,14H2,1H3/t15-/m1/s1. The van der Waals surface area contributed by atoms with Crippen LogP contribution < -0.4 is 10.2 Å². The first-order valence-electron chi connectivity index (χ1n) is 9.89. The van der Waals surface area contributed by atoms with Crippen molar-refractivity contribution in [3.63, 3.8) is 0 Å². The number of anilines is 2. The second kappa shape index (κ2) is 8.33. The highest BCUT2D eigenvalue weighted by atomic mass is 32.2. The molecule has 1 fully saturated rings. The number of para-hydroxylation sites is 1. The van der Waals surface area contributed by atoms with Crippen LogP contribution in [-0.2, 0) is 26.0 Å². The molecule has 0 bridgehead atoms. The van der Waals surface area contributed by atoms with Crippen molar-refractivity contribution in [2.75, 3.05) is 43.1 Å². The molecule has 2 aliphatic rings. The van der Waals surface area contributed by atoms with Crippen molar-refractivity contribution in [1.82, 2.24) is 4.31 Å². The van der Waals surface area contributed by atoms with Gasteiger partial charge in [0.05, 0.1) is 19.8 Å². The van der Waals surface area contributed by atoms with E-state index in [2.05, 4.69) is 5.32 Å². The Morgan fingerprint density at radius 3 is 2.70 bits per heavy atom. The zero-order valence-corrected chi connectivity index (χ0v) is 17.5. The van der Waals surface area contributed by atoms with Crippen molar-refractivity contribution >= 4 is 27.3 Å². The van der Waals surface area contributed by atoms with E-state index in [0.717, 1.165) is 23.7 Å². The number of nitrogens with one attached hydrogen (secondary N) is 1. The summed E-state index contributed by atoms with van der Waals surface area (Å²) < 4.78 is 46.4. The number of carbonyl (C=O) groups is 1. The number of amides is 1. The Bertz CT molecular complexity index is 1050. The molecule has 2 heterocycles. The quantitative estimate of drug-likeness (QED) is 0.783. The number of carbonyl (C=O) groups excluding carboxylic acids is 1. The second-order valence-corrected chi connectivity index (χ2v) is 9.37. The summed E-state index contributed by atoms with van der Waals surface area (Å²) in [7, 11) is -3.98. The lowest BCUT2D eigenvalue weighted by molar-refractivity contribution is -0.117. The highest BCUT2D eigenvalue weighted by Gasteiger charge is 2.31. The van der Waals surface area contributed by atoms with E-state index in [1.807, 2.05) is 31.2 Å². The lowest BCUT2D eigenvalue weighted by Crippen LogP contribution is -2.41. The summed E-state index contributed by atoms with van der Waals surface area (Å²) in [6.45, 7) is 2.89. The normalized spacial score (nSPS) is 19.5. The third kappa shape index (κ3) is 3.92. The van der Waals surface area contributed by atoms with Gasteiger partial charge in [0.2, 0.25) is 15.9 Å². The number of nitrogens with zero attached hydrogens (tertiary/aromatic N) is 2. The van der Waals surface area contributed by atoms with Gasteiger partial charge in [0.25, 0.3) is 0 Å². The minimum absolute atomic E-state index is 0.0264. The Morgan fingerprint density at radius 1 is 1.20 bits per heavy atom. The van der Waals surface area contributed by atoms with E-state index in [4.69, 9.17) is 4.74 Å². The molecular weight excluding hydrogens is 409 g/mol. The Kier molecular flexibility index (Phi) is 5.77. The van der Waals surface area contributed by atoms with Gasteiger partial charge in [-0.1, -0.05) is 18.2 Å². The van der Waals surface area contributed by atoms with E-state index in [1.165, 1.54) is 16.4 Å². The summed E-state index contributed by atoms with van der Waals surface area (Å²) in [5, 5.41) is 2.95. The summed E-state index contributed by atoms with van der Waals surface area (Å²) in [5.74, 6) is -0.949. The zero-order chi connectivity index (χ0) is 21.3. The molecule has 0 radical (unpaired) electrons. The van der Waals surface area contributed by atoms with Crippen molar-refractivity contribution < 1.29 is 22.3 Å². The predicted octanol–water partition coefficient (Wildman–Crippen LogP) is 2.24. The van der Waals surface area contributed by atoms with Gasteiger partial charge in [-0.3, -0.25) is 4.79 Å². The number of benzene rings is 2. The molecule has 1 amide bonds. The van der Waals surface area contributed by atoms with Gasteiger partial charge in [-0.25, -0.2) is 12.8 Å². The maximum Gasteiger partial charge on any atom is 0.246 e. The van der Waals surface area contributed by atoms with Crippen molar-refractivity contribution in [2.24, 2.45) is 0 Å². The average Bonchev–Trinajstić information content (AvgIpc) is 3.09. The third-order valence-electron chi connectivity index (χ3n) is 5.44. The third-order valence-corrected chi connectivity index (χ3v) is 7.35. The Balaban J connectivity index is 1.49. The van der Waals surface area contributed by atoms with Crippen LogP contribution in [0.2, 0.25) is 0 Å². The van der Waals surface area contributed by atoms with Gasteiger partial charge < -0.3 is 15.0 Å². The first-order valence-corrected chi connectivity index (χ1v) is 11.3. The summed E-state index contributed by atoms with van der Waals surface area (Å²) in [5.41, 5.74) is 2.39. The fourth-order valence-electron chi connectivity index (χ4n) is 3.95. The summed E-state index contributed by atoms with van der Waals surface area (Å²) in [6, 6.07) is 11.6. The molecule has 160 valence electrons. The second-order valence-electron chi connectivity index (χ2n) is 7.46. The topological polar surface area (TPSA) is 79.0 Å². The molecule has 2 aromatic carbocycles. The van der Waals surface area contributed by atoms with E-state index in [0.29, 0.717) is 5.69 Å². The molecule has 7 nitrogen and oxygen atoms in total. The molecule has 0 spiro atoms. The van der Waals surface area contributed by atoms with Crippen molar-refractivity contribution in [1.29, 1.82) is 0 Å². The highest BCUT2D eigenvalue weighted by Crippen LogP contribution is 2.32. The van der Waals surface area contributed by atoms with Gasteiger partial charge in [0, 0.05) is 30.5 Å². The first-order chi connectivity index (χ1) is 14.4. The van der Waals surface area contributed by atoms with Crippen molar-refractivity contribution in [3.05, 3.63) is 53.8 Å². The van der Waals surface area contributed by atoms with Crippen LogP contribution in [0.5, 0.6) is 0 Å². The van der Waals surface area contributed by atoms with Gasteiger partial charge in [-0.15, -0.1) is 0 Å². The molecule has 0 saturated carbocycles. The molecule has 0 aromatic heterocycles. The van der Waals surface area contributed by atoms with Gasteiger partial charge in [-0.2, -0.15) is 4.31 Å². The molecule has 30 heavy (non-hydrogen) atoms. The monoisotopic (exact) mass is 433 g/mol. The summed E-state index contributed by atoms with van der Waals surface area (Å²) in [6.07, 6.45) is 0.792. The number of hydrogen-bond donors (Lipinski definition) is 1. The lowest BCUT2D eigenvalue weighted by Gasteiger charge is -2.26. The molecule has 1 N–H and O–H groups in total. The molecule has 2 aliphatic heterocycles. The van der Waals surface area contributed by atoms with Crippen LogP contribution in [0.4, 0.5) is 15.8 Å². The van der Waals surface area contributed by atoms with Crippen LogP contribution in [-0.4, -0.2) is 57.5 Å². The SMILES string of the molecule is C[C@@H]1Cc2ccccc2N1C(=O)CNc1ccc(F)c(S(=O)(=O)N2CCOCC2)c1. The molecule has 9 heteroatoms. The number of rotatable bonds is 5. The number of ether oxygens (including phenoxy) is 1. The van der Waals surface area contributed by atoms with Gasteiger partial charge in [-0.05, 0) is 43.2 Å². The lowest BCUT2D eigenvalue weighted by atomic mass is 10.1. The molecule has 1 saturated heterocycles. The number of hydrogen-bond acceptors (Lipinski definition) is 5. The minimum atomic E-state index is -3.98. The largest absolute Gasteiger partial charge is 0.379 e. The van der Waals surface area contributed by atoms with E-state index < -0.39 is 20.7 Å². The van der Waals surface area contributed by atoms with Crippen LogP contribution in [0.3, 0.4) is 0 Å². The summed E-state index contributed by atoms with van der Waals surface area (Å²) in [4.78, 5) is 14.2. The van der Waals surface area contributed by atoms with E-state index in [-0.39, 0.29) is 44.8 Å². The Hall–Kier alpha value is -2.49. The first kappa shape index (κ1) is 20.8. The molecule has 0 aliphatic carbocycles. The molecule has 4 rings (SSSR count). The average molecular weight is 434 g/mol. The smallest absolute Gasteiger partial charge is 0.246 e. The molecule has 0 unspecified atom stereocenters. The van der Waals surface area contributed by atoms with Crippen LogP contribution in [0, 0.1) is 5.82 Å². The molecular formula is C21H24FN3O4S.